The molecule has 106 valence electrons. The van der Waals surface area contributed by atoms with E-state index in [0.29, 0.717) is 5.92 Å². The van der Waals surface area contributed by atoms with Gasteiger partial charge in [-0.15, -0.1) is 0 Å². The molecule has 19 heavy (non-hydrogen) atoms. The van der Waals surface area contributed by atoms with E-state index >= 15 is 0 Å². The van der Waals surface area contributed by atoms with Crippen molar-refractivity contribution >= 4 is 0 Å². The molecule has 1 unspecified atom stereocenters. The fraction of sp³-hybridized carbons (Fsp3) is 0.667. The van der Waals surface area contributed by atoms with E-state index in [1.165, 1.54) is 65.5 Å². The van der Waals surface area contributed by atoms with Gasteiger partial charge in [0.25, 0.3) is 0 Å². The lowest BCUT2D eigenvalue weighted by atomic mass is 9.77. The van der Waals surface area contributed by atoms with Crippen molar-refractivity contribution in [3.63, 3.8) is 0 Å². The van der Waals surface area contributed by atoms with Gasteiger partial charge in [0, 0.05) is 6.04 Å². The first-order chi connectivity index (χ1) is 8.95. The Labute approximate surface area is 118 Å². The third-order valence-corrected chi connectivity index (χ3v) is 5.55. The molecule has 0 heterocycles. The lowest BCUT2D eigenvalue weighted by molar-refractivity contribution is 0.307. The maximum atomic E-state index is 6.66. The average Bonchev–Trinajstić information content (AvgIpc) is 2.44. The van der Waals surface area contributed by atoms with Crippen LogP contribution < -0.4 is 5.73 Å². The number of rotatable bonds is 2. The van der Waals surface area contributed by atoms with E-state index in [-0.39, 0.29) is 6.04 Å². The molecule has 1 heteroatoms. The van der Waals surface area contributed by atoms with E-state index in [1.54, 1.807) is 0 Å². The number of benzene rings is 1. The maximum absolute atomic E-state index is 6.66. The molecule has 2 N–H and O–H groups in total. The summed E-state index contributed by atoms with van der Waals surface area (Å²) in [5.41, 5.74) is 15.3. The monoisotopic (exact) mass is 259 g/mol. The van der Waals surface area contributed by atoms with Gasteiger partial charge in [0.1, 0.15) is 0 Å². The van der Waals surface area contributed by atoms with E-state index < -0.39 is 0 Å². The van der Waals surface area contributed by atoms with Gasteiger partial charge < -0.3 is 5.73 Å². The van der Waals surface area contributed by atoms with Crippen molar-refractivity contribution in [2.24, 2.45) is 11.7 Å². The predicted molar refractivity (Wildman–Crippen MR) is 83.6 cm³/mol. The lowest BCUT2D eigenvalue weighted by Crippen LogP contribution is -2.26. The van der Waals surface area contributed by atoms with Gasteiger partial charge in [-0.05, 0) is 86.8 Å². The maximum Gasteiger partial charge on any atom is 0.0328 e. The van der Waals surface area contributed by atoms with Crippen molar-refractivity contribution in [3.05, 3.63) is 33.4 Å². The summed E-state index contributed by atoms with van der Waals surface area (Å²) in [5, 5.41) is 0. The molecule has 0 bridgehead atoms. The summed E-state index contributed by atoms with van der Waals surface area (Å²) in [6.45, 7) is 11.2. The first-order valence-corrected chi connectivity index (χ1v) is 7.77. The van der Waals surface area contributed by atoms with Gasteiger partial charge >= 0.3 is 0 Å². The van der Waals surface area contributed by atoms with Crippen molar-refractivity contribution in [1.82, 2.24) is 0 Å². The highest BCUT2D eigenvalue weighted by Crippen LogP contribution is 2.37. The molecule has 1 saturated carbocycles. The first-order valence-electron chi connectivity index (χ1n) is 7.77. The van der Waals surface area contributed by atoms with Gasteiger partial charge in [-0.1, -0.05) is 19.3 Å². The van der Waals surface area contributed by atoms with Gasteiger partial charge in [0.15, 0.2) is 0 Å². The second-order valence-corrected chi connectivity index (χ2v) is 6.46. The third kappa shape index (κ3) is 2.58. The summed E-state index contributed by atoms with van der Waals surface area (Å²) in [7, 11) is 0. The minimum atomic E-state index is 0.235. The minimum Gasteiger partial charge on any atom is -0.324 e. The van der Waals surface area contributed by atoms with E-state index in [1.807, 2.05) is 0 Å². The molecule has 0 spiro atoms. The van der Waals surface area contributed by atoms with Gasteiger partial charge in [-0.3, -0.25) is 0 Å². The molecular weight excluding hydrogens is 230 g/mol. The van der Waals surface area contributed by atoms with Crippen LogP contribution in [0.3, 0.4) is 0 Å². The fourth-order valence-electron chi connectivity index (χ4n) is 3.76. The molecular formula is C18H29N. The molecule has 0 aliphatic heterocycles. The van der Waals surface area contributed by atoms with Crippen LogP contribution in [0.4, 0.5) is 0 Å². The van der Waals surface area contributed by atoms with Crippen LogP contribution in [-0.2, 0) is 0 Å². The molecule has 1 aromatic rings. The van der Waals surface area contributed by atoms with Crippen LogP contribution in [0, 0.1) is 40.5 Å². The zero-order valence-corrected chi connectivity index (χ0v) is 13.3. The molecule has 0 saturated heterocycles. The summed E-state index contributed by atoms with van der Waals surface area (Å²) >= 11 is 0. The second kappa shape index (κ2) is 5.66. The fourth-order valence-corrected chi connectivity index (χ4v) is 3.76. The van der Waals surface area contributed by atoms with Gasteiger partial charge in [-0.2, -0.15) is 0 Å². The van der Waals surface area contributed by atoms with Gasteiger partial charge in [0.2, 0.25) is 0 Å². The van der Waals surface area contributed by atoms with Crippen LogP contribution in [0.5, 0.6) is 0 Å². The Balaban J connectivity index is 2.43. The Morgan fingerprint density at radius 2 is 1.16 bits per heavy atom. The summed E-state index contributed by atoms with van der Waals surface area (Å²) in [6.07, 6.45) is 6.74. The number of nitrogens with two attached hydrogens (primary N) is 1. The molecule has 1 atom stereocenters. The van der Waals surface area contributed by atoms with Crippen LogP contribution in [0.1, 0.15) is 71.5 Å². The van der Waals surface area contributed by atoms with E-state index in [2.05, 4.69) is 34.6 Å². The normalized spacial score (nSPS) is 18.6. The van der Waals surface area contributed by atoms with E-state index in [0.717, 1.165) is 0 Å². The van der Waals surface area contributed by atoms with Crippen molar-refractivity contribution in [2.75, 3.05) is 0 Å². The molecule has 0 radical (unpaired) electrons. The average molecular weight is 259 g/mol. The molecule has 2 rings (SSSR count). The quantitative estimate of drug-likeness (QED) is 0.810. The van der Waals surface area contributed by atoms with Crippen LogP contribution in [0.2, 0.25) is 0 Å². The van der Waals surface area contributed by atoms with Crippen molar-refractivity contribution < 1.29 is 0 Å². The smallest absolute Gasteiger partial charge is 0.0328 e. The molecule has 1 nitrogen and oxygen atoms in total. The van der Waals surface area contributed by atoms with E-state index in [9.17, 15) is 0 Å². The van der Waals surface area contributed by atoms with Crippen molar-refractivity contribution in [3.8, 4) is 0 Å². The Bertz CT molecular complexity index is 438. The van der Waals surface area contributed by atoms with Gasteiger partial charge in [0.05, 0.1) is 0 Å². The summed E-state index contributed by atoms with van der Waals surface area (Å²) in [4.78, 5) is 0. The SMILES string of the molecule is Cc1c(C)c(C)c(C(N)C2CCCCC2)c(C)c1C. The largest absolute Gasteiger partial charge is 0.324 e. The molecule has 1 aliphatic rings. The van der Waals surface area contributed by atoms with Crippen LogP contribution in [-0.4, -0.2) is 0 Å². The van der Waals surface area contributed by atoms with Crippen molar-refractivity contribution in [2.45, 2.75) is 72.8 Å². The highest BCUT2D eigenvalue weighted by atomic mass is 14.7. The highest BCUT2D eigenvalue weighted by Gasteiger charge is 2.25. The Morgan fingerprint density at radius 1 is 0.737 bits per heavy atom. The topological polar surface area (TPSA) is 26.0 Å². The zero-order chi connectivity index (χ0) is 14.2. The zero-order valence-electron chi connectivity index (χ0n) is 13.3. The molecule has 1 fully saturated rings. The molecule has 0 amide bonds. The molecule has 1 aromatic carbocycles. The Morgan fingerprint density at radius 3 is 1.63 bits per heavy atom. The predicted octanol–water partition coefficient (Wildman–Crippen LogP) is 4.81. The summed E-state index contributed by atoms with van der Waals surface area (Å²) < 4.78 is 0. The standard InChI is InChI=1S/C18H29N/c1-11-12(2)14(4)17(15(5)13(11)3)18(19)16-9-7-6-8-10-16/h16,18H,6-10,19H2,1-5H3. The van der Waals surface area contributed by atoms with Crippen LogP contribution in [0.25, 0.3) is 0 Å². The Kier molecular flexibility index (Phi) is 4.35. The van der Waals surface area contributed by atoms with E-state index in [4.69, 9.17) is 5.73 Å². The third-order valence-electron chi connectivity index (χ3n) is 5.55. The summed E-state index contributed by atoms with van der Waals surface area (Å²) in [6, 6.07) is 0.235. The second-order valence-electron chi connectivity index (χ2n) is 6.46. The minimum absolute atomic E-state index is 0.235. The molecule has 0 aromatic heterocycles. The summed E-state index contributed by atoms with van der Waals surface area (Å²) in [5.74, 6) is 0.688. The Hall–Kier alpha value is -0.820. The van der Waals surface area contributed by atoms with Crippen LogP contribution in [0.15, 0.2) is 0 Å². The molecule has 1 aliphatic carbocycles. The number of hydrogen-bond donors (Lipinski definition) is 1. The van der Waals surface area contributed by atoms with Crippen LogP contribution >= 0.6 is 0 Å². The highest BCUT2D eigenvalue weighted by molar-refractivity contribution is 5.50. The lowest BCUT2D eigenvalue weighted by Gasteiger charge is -2.31. The van der Waals surface area contributed by atoms with Crippen molar-refractivity contribution in [1.29, 1.82) is 0 Å². The van der Waals surface area contributed by atoms with Gasteiger partial charge in [-0.25, -0.2) is 0 Å². The number of hydrogen-bond acceptors (Lipinski definition) is 1. The first kappa shape index (κ1) is 14.6.